The fourth-order valence-corrected chi connectivity index (χ4v) is 5.59. The number of anilines is 1. The number of nitrogens with one attached hydrogen (secondary N) is 3. The number of hydrogen-bond acceptors (Lipinski definition) is 5. The molecular formula is C19H22N4O4S2. The lowest BCUT2D eigenvalue weighted by atomic mass is 10.2. The number of carbonyl (C=O) groups is 2. The molecule has 1 aliphatic heterocycles. The Morgan fingerprint density at radius 3 is 2.59 bits per heavy atom. The minimum atomic E-state index is -3.62. The molecule has 0 bridgehead atoms. The summed E-state index contributed by atoms with van der Waals surface area (Å²) >= 11 is 1.72. The number of H-pyrrole nitrogens is 1. The van der Waals surface area contributed by atoms with E-state index in [4.69, 9.17) is 0 Å². The maximum atomic E-state index is 12.7. The standard InChI is InChI=1S/C19H22N4O4S2/c24-18(21-14-4-5-14)13-2-1-3-15(10-13)22-19(25)17-11-16(12-20-17)29(26,27)23-6-8-28-9-7-23/h1-3,10-12,14,20H,4-9H2,(H,21,24)(H,22,25). The molecule has 1 saturated heterocycles. The normalized spacial score (nSPS) is 17.7. The number of rotatable bonds is 6. The van der Waals surface area contributed by atoms with Crippen molar-refractivity contribution in [1.29, 1.82) is 0 Å². The molecule has 0 radical (unpaired) electrons. The van der Waals surface area contributed by atoms with Gasteiger partial charge in [0.15, 0.2) is 0 Å². The van der Waals surface area contributed by atoms with Gasteiger partial charge in [-0.25, -0.2) is 8.42 Å². The number of sulfonamides is 1. The van der Waals surface area contributed by atoms with Gasteiger partial charge in [-0.3, -0.25) is 9.59 Å². The van der Waals surface area contributed by atoms with Gasteiger partial charge in [-0.1, -0.05) is 6.07 Å². The van der Waals surface area contributed by atoms with E-state index >= 15 is 0 Å². The van der Waals surface area contributed by atoms with Crippen molar-refractivity contribution in [3.63, 3.8) is 0 Å². The molecule has 154 valence electrons. The number of aromatic amines is 1. The smallest absolute Gasteiger partial charge is 0.272 e. The van der Waals surface area contributed by atoms with Gasteiger partial charge in [-0.15, -0.1) is 0 Å². The summed E-state index contributed by atoms with van der Waals surface area (Å²) in [5.74, 6) is 0.889. The average Bonchev–Trinajstić information content (AvgIpc) is 3.39. The third-order valence-electron chi connectivity index (χ3n) is 4.80. The maximum Gasteiger partial charge on any atom is 0.272 e. The fraction of sp³-hybridized carbons (Fsp3) is 0.368. The summed E-state index contributed by atoms with van der Waals surface area (Å²) in [7, 11) is -3.62. The van der Waals surface area contributed by atoms with E-state index in [0.717, 1.165) is 24.3 Å². The lowest BCUT2D eigenvalue weighted by molar-refractivity contribution is 0.0949. The second-order valence-corrected chi connectivity index (χ2v) is 10.2. The van der Waals surface area contributed by atoms with Crippen molar-refractivity contribution in [2.45, 2.75) is 23.8 Å². The van der Waals surface area contributed by atoms with Crippen LogP contribution in [0.2, 0.25) is 0 Å². The molecule has 3 N–H and O–H groups in total. The Labute approximate surface area is 173 Å². The molecule has 2 heterocycles. The molecule has 29 heavy (non-hydrogen) atoms. The molecule has 10 heteroatoms. The van der Waals surface area contributed by atoms with E-state index in [1.54, 1.807) is 36.0 Å². The van der Waals surface area contributed by atoms with Gasteiger partial charge in [0.1, 0.15) is 10.6 Å². The first-order chi connectivity index (χ1) is 13.9. The Morgan fingerprint density at radius 1 is 1.10 bits per heavy atom. The van der Waals surface area contributed by atoms with E-state index < -0.39 is 15.9 Å². The van der Waals surface area contributed by atoms with Crippen LogP contribution in [0.4, 0.5) is 5.69 Å². The molecule has 2 aromatic rings. The highest BCUT2D eigenvalue weighted by molar-refractivity contribution is 7.99. The van der Waals surface area contributed by atoms with Crippen LogP contribution in [-0.4, -0.2) is 60.2 Å². The zero-order chi connectivity index (χ0) is 20.4. The largest absolute Gasteiger partial charge is 0.356 e. The van der Waals surface area contributed by atoms with Crippen molar-refractivity contribution in [1.82, 2.24) is 14.6 Å². The Balaban J connectivity index is 1.45. The van der Waals surface area contributed by atoms with Gasteiger partial charge in [0.2, 0.25) is 10.0 Å². The average molecular weight is 435 g/mol. The van der Waals surface area contributed by atoms with Gasteiger partial charge in [-0.05, 0) is 37.1 Å². The first kappa shape index (κ1) is 20.0. The van der Waals surface area contributed by atoms with Crippen LogP contribution in [0.5, 0.6) is 0 Å². The Morgan fingerprint density at radius 2 is 1.86 bits per heavy atom. The Kier molecular flexibility index (Phi) is 5.66. The van der Waals surface area contributed by atoms with E-state index in [1.165, 1.54) is 16.6 Å². The zero-order valence-corrected chi connectivity index (χ0v) is 17.3. The van der Waals surface area contributed by atoms with E-state index in [-0.39, 0.29) is 22.5 Å². The van der Waals surface area contributed by atoms with Crippen molar-refractivity contribution in [2.24, 2.45) is 0 Å². The predicted molar refractivity (Wildman–Crippen MR) is 112 cm³/mol. The molecule has 8 nitrogen and oxygen atoms in total. The van der Waals surface area contributed by atoms with Crippen LogP contribution in [0.3, 0.4) is 0 Å². The van der Waals surface area contributed by atoms with Crippen LogP contribution in [0.25, 0.3) is 0 Å². The second-order valence-electron chi connectivity index (χ2n) is 7.05. The predicted octanol–water partition coefficient (Wildman–Crippen LogP) is 1.90. The monoisotopic (exact) mass is 434 g/mol. The van der Waals surface area contributed by atoms with Crippen molar-refractivity contribution in [3.8, 4) is 0 Å². The molecule has 1 aromatic heterocycles. The van der Waals surface area contributed by atoms with E-state index in [9.17, 15) is 18.0 Å². The number of thioether (sulfide) groups is 1. The van der Waals surface area contributed by atoms with E-state index in [0.29, 0.717) is 24.3 Å². The Hall–Kier alpha value is -2.30. The van der Waals surface area contributed by atoms with Crippen LogP contribution in [0, 0.1) is 0 Å². The van der Waals surface area contributed by atoms with Crippen molar-refractivity contribution in [3.05, 3.63) is 47.8 Å². The zero-order valence-electron chi connectivity index (χ0n) is 15.7. The van der Waals surface area contributed by atoms with Gasteiger partial charge in [0.25, 0.3) is 11.8 Å². The molecule has 1 aliphatic carbocycles. The summed E-state index contributed by atoms with van der Waals surface area (Å²) in [6, 6.07) is 8.24. The quantitative estimate of drug-likeness (QED) is 0.643. The molecule has 1 saturated carbocycles. The first-order valence-corrected chi connectivity index (χ1v) is 12.0. The number of aromatic nitrogens is 1. The van der Waals surface area contributed by atoms with Gasteiger partial charge in [0.05, 0.1) is 0 Å². The number of nitrogens with zero attached hydrogens (tertiary/aromatic N) is 1. The van der Waals surface area contributed by atoms with Crippen LogP contribution >= 0.6 is 11.8 Å². The SMILES string of the molecule is O=C(NC1CC1)c1cccc(NC(=O)c2cc(S(=O)(=O)N3CCSCC3)c[nH]2)c1. The maximum absolute atomic E-state index is 12.7. The molecule has 2 fully saturated rings. The molecule has 0 atom stereocenters. The highest BCUT2D eigenvalue weighted by atomic mass is 32.2. The molecule has 4 rings (SSSR count). The molecule has 2 amide bonds. The van der Waals surface area contributed by atoms with Crippen LogP contribution in [0.15, 0.2) is 41.4 Å². The minimum Gasteiger partial charge on any atom is -0.356 e. The third kappa shape index (κ3) is 4.65. The lowest BCUT2D eigenvalue weighted by Crippen LogP contribution is -2.37. The summed E-state index contributed by atoms with van der Waals surface area (Å²) < 4.78 is 26.9. The number of carbonyl (C=O) groups excluding carboxylic acids is 2. The van der Waals surface area contributed by atoms with E-state index in [1.807, 2.05) is 0 Å². The number of amides is 2. The minimum absolute atomic E-state index is 0.0760. The molecule has 2 aliphatic rings. The molecular weight excluding hydrogens is 412 g/mol. The highest BCUT2D eigenvalue weighted by Gasteiger charge is 2.28. The Bertz CT molecular complexity index is 1020. The van der Waals surface area contributed by atoms with Gasteiger partial charge >= 0.3 is 0 Å². The molecule has 0 unspecified atom stereocenters. The summed E-state index contributed by atoms with van der Waals surface area (Å²) in [5.41, 5.74) is 1.07. The van der Waals surface area contributed by atoms with Gasteiger partial charge in [0, 0.05) is 48.1 Å². The molecule has 1 aromatic carbocycles. The number of benzene rings is 1. The second kappa shape index (κ2) is 8.21. The van der Waals surface area contributed by atoms with E-state index in [2.05, 4.69) is 15.6 Å². The molecule has 0 spiro atoms. The summed E-state index contributed by atoms with van der Waals surface area (Å²) in [5, 5.41) is 5.61. The highest BCUT2D eigenvalue weighted by Crippen LogP contribution is 2.22. The summed E-state index contributed by atoms with van der Waals surface area (Å²) in [4.78, 5) is 27.5. The topological polar surface area (TPSA) is 111 Å². The first-order valence-electron chi connectivity index (χ1n) is 9.42. The number of hydrogen-bond donors (Lipinski definition) is 3. The fourth-order valence-electron chi connectivity index (χ4n) is 3.02. The van der Waals surface area contributed by atoms with Crippen molar-refractivity contribution in [2.75, 3.05) is 29.9 Å². The van der Waals surface area contributed by atoms with Gasteiger partial charge < -0.3 is 15.6 Å². The van der Waals surface area contributed by atoms with Crippen LogP contribution in [0.1, 0.15) is 33.7 Å². The summed E-state index contributed by atoms with van der Waals surface area (Å²) in [6.45, 7) is 0.935. The third-order valence-corrected chi connectivity index (χ3v) is 7.62. The van der Waals surface area contributed by atoms with Crippen LogP contribution < -0.4 is 10.6 Å². The summed E-state index contributed by atoms with van der Waals surface area (Å²) in [6.07, 6.45) is 3.33. The van der Waals surface area contributed by atoms with Gasteiger partial charge in [-0.2, -0.15) is 16.1 Å². The van der Waals surface area contributed by atoms with Crippen molar-refractivity contribution >= 4 is 39.3 Å². The van der Waals surface area contributed by atoms with Crippen molar-refractivity contribution < 1.29 is 18.0 Å². The lowest BCUT2D eigenvalue weighted by Gasteiger charge is -2.24. The van der Waals surface area contributed by atoms with Crippen LogP contribution in [-0.2, 0) is 10.0 Å².